The van der Waals surface area contributed by atoms with Crippen LogP contribution < -0.4 is 0 Å². The highest BCUT2D eigenvalue weighted by molar-refractivity contribution is 5.20. The van der Waals surface area contributed by atoms with Crippen molar-refractivity contribution < 1.29 is 14.2 Å². The summed E-state index contributed by atoms with van der Waals surface area (Å²) in [6.07, 6.45) is 0. The maximum Gasteiger partial charge on any atom is 0.219 e. The molecule has 0 radical (unpaired) electrons. The Hall–Kier alpha value is -0.900. The van der Waals surface area contributed by atoms with Crippen LogP contribution in [0.25, 0.3) is 0 Å². The normalized spacial score (nSPS) is 11.7. The van der Waals surface area contributed by atoms with Crippen LogP contribution in [-0.4, -0.2) is 26.9 Å². The molecule has 0 aliphatic heterocycles. The summed E-state index contributed by atoms with van der Waals surface area (Å²) in [6, 6.07) is 9.89. The molecule has 0 bridgehead atoms. The zero-order valence-electron chi connectivity index (χ0n) is 10.2. The molecule has 0 saturated carbocycles. The number of hydrogen-bond acceptors (Lipinski definition) is 3. The summed E-state index contributed by atoms with van der Waals surface area (Å²) in [5.74, 6) is -0.778. The minimum atomic E-state index is -0.778. The van der Waals surface area contributed by atoms with Crippen LogP contribution in [0, 0.1) is 0 Å². The van der Waals surface area contributed by atoms with Crippen LogP contribution in [0.2, 0.25) is 0 Å². The Balaban J connectivity index is 2.99. The lowest BCUT2D eigenvalue weighted by atomic mass is 10.1. The lowest BCUT2D eigenvalue weighted by molar-refractivity contribution is -0.264. The highest BCUT2D eigenvalue weighted by atomic mass is 16.7. The largest absolute Gasteiger partial charge is 0.379 e. The van der Waals surface area contributed by atoms with E-state index in [-0.39, 0.29) is 0 Å². The lowest BCUT2D eigenvalue weighted by Crippen LogP contribution is -2.38. The summed E-state index contributed by atoms with van der Waals surface area (Å²) in [7, 11) is 1.65. The van der Waals surface area contributed by atoms with E-state index in [9.17, 15) is 0 Å². The van der Waals surface area contributed by atoms with Gasteiger partial charge in [0.05, 0.1) is 0 Å². The highest BCUT2D eigenvalue weighted by Crippen LogP contribution is 2.27. The lowest BCUT2D eigenvalue weighted by Gasteiger charge is -2.32. The van der Waals surface area contributed by atoms with Gasteiger partial charge >= 0.3 is 0 Å². The average Bonchev–Trinajstić information content (AvgIpc) is 2.31. The molecule has 0 aromatic heterocycles. The molecule has 0 N–H and O–H groups in total. The number of methoxy groups -OCH3 is 1. The fraction of sp³-hybridized carbons (Fsp3) is 0.538. The van der Waals surface area contributed by atoms with Crippen LogP contribution in [0.4, 0.5) is 0 Å². The van der Waals surface area contributed by atoms with E-state index in [0.717, 1.165) is 5.56 Å². The van der Waals surface area contributed by atoms with E-state index in [1.165, 1.54) is 0 Å². The monoisotopic (exact) mass is 224 g/mol. The molecule has 0 aliphatic rings. The van der Waals surface area contributed by atoms with Gasteiger partial charge in [-0.05, 0) is 13.8 Å². The fourth-order valence-electron chi connectivity index (χ4n) is 1.72. The van der Waals surface area contributed by atoms with E-state index in [1.54, 1.807) is 7.11 Å². The molecule has 3 nitrogen and oxygen atoms in total. The summed E-state index contributed by atoms with van der Waals surface area (Å²) in [6.45, 7) is 5.45. The van der Waals surface area contributed by atoms with Crippen LogP contribution >= 0.6 is 0 Å². The molecule has 0 aliphatic carbocycles. The summed E-state index contributed by atoms with van der Waals surface area (Å²) < 4.78 is 16.7. The van der Waals surface area contributed by atoms with Crippen molar-refractivity contribution in [2.24, 2.45) is 0 Å². The number of benzene rings is 1. The minimum Gasteiger partial charge on any atom is -0.379 e. The zero-order valence-corrected chi connectivity index (χ0v) is 10.2. The Kier molecular flexibility index (Phi) is 5.46. The SMILES string of the molecule is CCOC(COC)(OCC)c1ccccc1. The highest BCUT2D eigenvalue weighted by Gasteiger charge is 2.33. The van der Waals surface area contributed by atoms with Crippen LogP contribution in [-0.2, 0) is 20.0 Å². The van der Waals surface area contributed by atoms with E-state index < -0.39 is 5.79 Å². The van der Waals surface area contributed by atoms with E-state index >= 15 is 0 Å². The Morgan fingerprint density at radius 1 is 1.00 bits per heavy atom. The molecule has 0 fully saturated rings. The summed E-state index contributed by atoms with van der Waals surface area (Å²) >= 11 is 0. The van der Waals surface area contributed by atoms with Crippen molar-refractivity contribution in [3.05, 3.63) is 35.9 Å². The van der Waals surface area contributed by atoms with Crippen LogP contribution in [0.1, 0.15) is 19.4 Å². The van der Waals surface area contributed by atoms with Gasteiger partial charge in [-0.2, -0.15) is 0 Å². The molecule has 1 aromatic carbocycles. The molecular weight excluding hydrogens is 204 g/mol. The number of ether oxygens (including phenoxy) is 3. The smallest absolute Gasteiger partial charge is 0.219 e. The zero-order chi connectivity index (χ0) is 11.9. The van der Waals surface area contributed by atoms with Crippen LogP contribution in [0.15, 0.2) is 30.3 Å². The van der Waals surface area contributed by atoms with Gasteiger partial charge in [-0.25, -0.2) is 0 Å². The Labute approximate surface area is 97.3 Å². The molecular formula is C13H20O3. The first-order valence-electron chi connectivity index (χ1n) is 5.61. The first kappa shape index (κ1) is 13.2. The van der Waals surface area contributed by atoms with Gasteiger partial charge in [0.1, 0.15) is 6.61 Å². The standard InChI is InChI=1S/C13H20O3/c1-4-15-13(11-14-3,16-5-2)12-9-7-6-8-10-12/h6-10H,4-5,11H2,1-3H3. The molecule has 1 rings (SSSR count). The Morgan fingerprint density at radius 3 is 2.00 bits per heavy atom. The fourth-order valence-corrected chi connectivity index (χ4v) is 1.72. The molecule has 0 amide bonds. The van der Waals surface area contributed by atoms with Crippen LogP contribution in [0.5, 0.6) is 0 Å². The molecule has 3 heteroatoms. The Morgan fingerprint density at radius 2 is 1.56 bits per heavy atom. The maximum absolute atomic E-state index is 5.75. The maximum atomic E-state index is 5.75. The molecule has 0 saturated heterocycles. The van der Waals surface area contributed by atoms with Crippen molar-refractivity contribution in [3.63, 3.8) is 0 Å². The van der Waals surface area contributed by atoms with Crippen molar-refractivity contribution in [2.75, 3.05) is 26.9 Å². The van der Waals surface area contributed by atoms with E-state index in [1.807, 2.05) is 44.2 Å². The number of hydrogen-bond donors (Lipinski definition) is 0. The second-order valence-corrected chi connectivity index (χ2v) is 3.42. The predicted octanol–water partition coefficient (Wildman–Crippen LogP) is 2.56. The molecule has 0 atom stereocenters. The topological polar surface area (TPSA) is 27.7 Å². The third kappa shape index (κ3) is 3.04. The van der Waals surface area contributed by atoms with Gasteiger partial charge in [-0.1, -0.05) is 30.3 Å². The third-order valence-electron chi connectivity index (χ3n) is 2.30. The summed E-state index contributed by atoms with van der Waals surface area (Å²) in [5.41, 5.74) is 0.987. The quantitative estimate of drug-likeness (QED) is 0.666. The molecule has 1 aromatic rings. The average molecular weight is 224 g/mol. The van der Waals surface area contributed by atoms with E-state index in [4.69, 9.17) is 14.2 Å². The summed E-state index contributed by atoms with van der Waals surface area (Å²) in [5, 5.41) is 0. The molecule has 90 valence electrons. The first-order chi connectivity index (χ1) is 7.79. The van der Waals surface area contributed by atoms with Gasteiger partial charge in [0.25, 0.3) is 0 Å². The molecule has 16 heavy (non-hydrogen) atoms. The second kappa shape index (κ2) is 6.63. The van der Waals surface area contributed by atoms with E-state index in [2.05, 4.69) is 0 Å². The van der Waals surface area contributed by atoms with Crippen molar-refractivity contribution >= 4 is 0 Å². The molecule has 0 heterocycles. The predicted molar refractivity (Wildman–Crippen MR) is 63.2 cm³/mol. The molecule has 0 spiro atoms. The van der Waals surface area contributed by atoms with Gasteiger partial charge in [0.15, 0.2) is 0 Å². The summed E-state index contributed by atoms with van der Waals surface area (Å²) in [4.78, 5) is 0. The third-order valence-corrected chi connectivity index (χ3v) is 2.30. The van der Waals surface area contributed by atoms with Crippen molar-refractivity contribution in [2.45, 2.75) is 19.6 Å². The van der Waals surface area contributed by atoms with Gasteiger partial charge in [-0.3, -0.25) is 0 Å². The van der Waals surface area contributed by atoms with Crippen molar-refractivity contribution in [3.8, 4) is 0 Å². The van der Waals surface area contributed by atoms with Gasteiger partial charge in [0, 0.05) is 25.9 Å². The van der Waals surface area contributed by atoms with E-state index in [0.29, 0.717) is 19.8 Å². The Bertz CT molecular complexity index is 267. The minimum absolute atomic E-state index is 0.388. The van der Waals surface area contributed by atoms with Crippen molar-refractivity contribution in [1.82, 2.24) is 0 Å². The molecule has 0 unspecified atom stereocenters. The van der Waals surface area contributed by atoms with Gasteiger partial charge in [-0.15, -0.1) is 0 Å². The van der Waals surface area contributed by atoms with Crippen molar-refractivity contribution in [1.29, 1.82) is 0 Å². The van der Waals surface area contributed by atoms with Gasteiger partial charge < -0.3 is 14.2 Å². The van der Waals surface area contributed by atoms with Crippen LogP contribution in [0.3, 0.4) is 0 Å². The first-order valence-corrected chi connectivity index (χ1v) is 5.61. The second-order valence-electron chi connectivity index (χ2n) is 3.42. The number of rotatable bonds is 7. The van der Waals surface area contributed by atoms with Gasteiger partial charge in [0.2, 0.25) is 5.79 Å².